The van der Waals surface area contributed by atoms with E-state index in [-0.39, 0.29) is 5.69 Å². The Hall–Kier alpha value is -2.47. The lowest BCUT2D eigenvalue weighted by Gasteiger charge is -2.08. The minimum absolute atomic E-state index is 0.302. The van der Waals surface area contributed by atoms with Gasteiger partial charge >= 0.3 is 5.69 Å². The predicted molar refractivity (Wildman–Crippen MR) is 90.6 cm³/mol. The van der Waals surface area contributed by atoms with Gasteiger partial charge in [-0.2, -0.15) is 5.10 Å². The van der Waals surface area contributed by atoms with E-state index in [4.69, 9.17) is 16.3 Å². The van der Waals surface area contributed by atoms with Gasteiger partial charge in [0.25, 0.3) is 0 Å². The number of ether oxygens (including phenoxy) is 1. The van der Waals surface area contributed by atoms with E-state index >= 15 is 0 Å². The molecule has 0 aliphatic heterocycles. The molecule has 0 amide bonds. The van der Waals surface area contributed by atoms with Crippen molar-refractivity contribution in [3.63, 3.8) is 0 Å². The second-order valence-corrected chi connectivity index (χ2v) is 5.61. The van der Waals surface area contributed by atoms with E-state index in [2.05, 4.69) is 27.6 Å². The number of anilines is 1. The van der Waals surface area contributed by atoms with Crippen molar-refractivity contribution in [1.82, 2.24) is 14.6 Å². The number of nitrogens with one attached hydrogen (secondary N) is 2. The maximum Gasteiger partial charge on any atom is 0.347 e. The quantitative estimate of drug-likeness (QED) is 0.681. The molecule has 2 heterocycles. The summed E-state index contributed by atoms with van der Waals surface area (Å²) in [5.41, 5.74) is 2.23. The van der Waals surface area contributed by atoms with Gasteiger partial charge in [-0.3, -0.25) is 0 Å². The molecule has 0 spiro atoms. The van der Waals surface area contributed by atoms with Crippen molar-refractivity contribution in [3.8, 4) is 5.75 Å². The van der Waals surface area contributed by atoms with Crippen LogP contribution in [0.15, 0.2) is 41.3 Å². The molecule has 2 aromatic heterocycles. The summed E-state index contributed by atoms with van der Waals surface area (Å²) in [6.45, 7) is 0.753. The molecule has 0 radical (unpaired) electrons. The molecule has 1 aromatic carbocycles. The average Bonchev–Trinajstić information content (AvgIpc) is 2.93. The highest BCUT2D eigenvalue weighted by molar-refractivity contribution is 6.30. The standard InChI is InChI=1S/C16H17ClN4O2/c1-23-13-6-4-11(5-7-13)3-2-8-18-14-9-12(17)10-21-15(14)19-20-16(21)22/h4-7,9-10,18H,2-3,8H2,1H3,(H,20,22). The second-order valence-electron chi connectivity index (χ2n) is 5.17. The summed E-state index contributed by atoms with van der Waals surface area (Å²) in [4.78, 5) is 11.6. The zero-order chi connectivity index (χ0) is 16.2. The molecule has 120 valence electrons. The fourth-order valence-electron chi connectivity index (χ4n) is 2.42. The van der Waals surface area contributed by atoms with Gasteiger partial charge in [-0.25, -0.2) is 14.3 Å². The molecule has 0 bridgehead atoms. The molecule has 0 unspecified atom stereocenters. The third-order valence-electron chi connectivity index (χ3n) is 3.60. The van der Waals surface area contributed by atoms with Gasteiger partial charge in [-0.05, 0) is 36.6 Å². The first kappa shape index (κ1) is 15.4. The van der Waals surface area contributed by atoms with Gasteiger partial charge in [-0.15, -0.1) is 0 Å². The van der Waals surface area contributed by atoms with Crippen LogP contribution < -0.4 is 15.7 Å². The molecule has 0 aliphatic rings. The summed E-state index contributed by atoms with van der Waals surface area (Å²) in [6.07, 6.45) is 3.44. The summed E-state index contributed by atoms with van der Waals surface area (Å²) in [5, 5.41) is 10.2. The number of methoxy groups -OCH3 is 1. The minimum Gasteiger partial charge on any atom is -0.497 e. The lowest BCUT2D eigenvalue weighted by atomic mass is 10.1. The topological polar surface area (TPSA) is 71.4 Å². The third-order valence-corrected chi connectivity index (χ3v) is 3.80. The largest absolute Gasteiger partial charge is 0.497 e. The summed E-state index contributed by atoms with van der Waals surface area (Å²) in [7, 11) is 1.66. The molecule has 0 saturated carbocycles. The maximum atomic E-state index is 11.6. The van der Waals surface area contributed by atoms with Crippen LogP contribution in [0.5, 0.6) is 5.75 Å². The van der Waals surface area contributed by atoms with E-state index in [1.54, 1.807) is 19.4 Å². The Morgan fingerprint density at radius 2 is 2.13 bits per heavy atom. The molecule has 23 heavy (non-hydrogen) atoms. The first-order chi connectivity index (χ1) is 11.2. The van der Waals surface area contributed by atoms with Gasteiger partial charge in [0, 0.05) is 12.7 Å². The molecular weight excluding hydrogens is 316 g/mol. The molecule has 3 aromatic rings. The number of aryl methyl sites for hydroxylation is 1. The van der Waals surface area contributed by atoms with Crippen LogP contribution in [-0.4, -0.2) is 28.3 Å². The van der Waals surface area contributed by atoms with Crippen LogP contribution in [0.2, 0.25) is 5.02 Å². The van der Waals surface area contributed by atoms with E-state index in [0.717, 1.165) is 30.8 Å². The Bertz CT molecular complexity index is 855. The highest BCUT2D eigenvalue weighted by atomic mass is 35.5. The first-order valence-electron chi connectivity index (χ1n) is 7.30. The van der Waals surface area contributed by atoms with Crippen molar-refractivity contribution in [2.45, 2.75) is 12.8 Å². The van der Waals surface area contributed by atoms with Crippen LogP contribution in [0, 0.1) is 0 Å². The van der Waals surface area contributed by atoms with E-state index in [1.165, 1.54) is 9.96 Å². The Labute approximate surface area is 138 Å². The zero-order valence-electron chi connectivity index (χ0n) is 12.7. The van der Waals surface area contributed by atoms with Crippen LogP contribution >= 0.6 is 11.6 Å². The fourth-order valence-corrected chi connectivity index (χ4v) is 2.62. The number of pyridine rings is 1. The van der Waals surface area contributed by atoms with Crippen molar-refractivity contribution in [2.75, 3.05) is 19.0 Å². The summed E-state index contributed by atoms with van der Waals surface area (Å²) >= 11 is 6.04. The fraction of sp³-hybridized carbons (Fsp3) is 0.250. The molecule has 3 rings (SSSR count). The van der Waals surface area contributed by atoms with Gasteiger partial charge in [0.1, 0.15) is 5.75 Å². The van der Waals surface area contributed by atoms with Crippen molar-refractivity contribution < 1.29 is 4.74 Å². The SMILES string of the molecule is COc1ccc(CCCNc2cc(Cl)cn3c(=O)[nH]nc23)cc1. The maximum absolute atomic E-state index is 11.6. The smallest absolute Gasteiger partial charge is 0.347 e. The molecule has 0 atom stereocenters. The first-order valence-corrected chi connectivity index (χ1v) is 7.68. The number of H-pyrrole nitrogens is 1. The molecule has 0 fully saturated rings. The van der Waals surface area contributed by atoms with Crippen LogP contribution in [0.3, 0.4) is 0 Å². The number of fused-ring (bicyclic) bond motifs is 1. The Morgan fingerprint density at radius 3 is 2.87 bits per heavy atom. The predicted octanol–water partition coefficient (Wildman–Crippen LogP) is 2.73. The van der Waals surface area contributed by atoms with E-state index in [0.29, 0.717) is 10.7 Å². The van der Waals surface area contributed by atoms with Gasteiger partial charge in [0.05, 0.1) is 17.8 Å². The summed E-state index contributed by atoms with van der Waals surface area (Å²) in [5.74, 6) is 0.858. The lowest BCUT2D eigenvalue weighted by Crippen LogP contribution is -2.10. The van der Waals surface area contributed by atoms with Crippen LogP contribution in [0.25, 0.3) is 5.65 Å². The number of halogens is 1. The Kier molecular flexibility index (Phi) is 4.52. The zero-order valence-corrected chi connectivity index (χ0v) is 13.4. The monoisotopic (exact) mass is 332 g/mol. The number of nitrogens with zero attached hydrogens (tertiary/aromatic N) is 2. The van der Waals surface area contributed by atoms with Gasteiger partial charge in [0.15, 0.2) is 5.65 Å². The number of benzene rings is 1. The Balaban J connectivity index is 1.61. The Morgan fingerprint density at radius 1 is 1.35 bits per heavy atom. The minimum atomic E-state index is -0.302. The van der Waals surface area contributed by atoms with Gasteiger partial charge in [0.2, 0.25) is 0 Å². The molecule has 2 N–H and O–H groups in total. The highest BCUT2D eigenvalue weighted by Gasteiger charge is 2.07. The van der Waals surface area contributed by atoms with E-state index in [1.807, 2.05) is 12.1 Å². The average molecular weight is 333 g/mol. The molecule has 0 saturated heterocycles. The van der Waals surface area contributed by atoms with Crippen molar-refractivity contribution in [1.29, 1.82) is 0 Å². The second kappa shape index (κ2) is 6.75. The van der Waals surface area contributed by atoms with Crippen LogP contribution in [-0.2, 0) is 6.42 Å². The van der Waals surface area contributed by atoms with Crippen molar-refractivity contribution in [2.24, 2.45) is 0 Å². The number of rotatable bonds is 6. The molecule has 0 aliphatic carbocycles. The van der Waals surface area contributed by atoms with E-state index in [9.17, 15) is 4.79 Å². The number of aromatic amines is 1. The highest BCUT2D eigenvalue weighted by Crippen LogP contribution is 2.19. The molecular formula is C16H17ClN4O2. The normalized spacial score (nSPS) is 10.9. The number of hydrogen-bond acceptors (Lipinski definition) is 4. The number of hydrogen-bond donors (Lipinski definition) is 2. The molecule has 7 heteroatoms. The summed E-state index contributed by atoms with van der Waals surface area (Å²) in [6, 6.07) is 9.80. The van der Waals surface area contributed by atoms with E-state index < -0.39 is 0 Å². The van der Waals surface area contributed by atoms with Crippen molar-refractivity contribution in [3.05, 3.63) is 57.6 Å². The van der Waals surface area contributed by atoms with Gasteiger partial charge < -0.3 is 10.1 Å². The van der Waals surface area contributed by atoms with Crippen LogP contribution in [0.1, 0.15) is 12.0 Å². The lowest BCUT2D eigenvalue weighted by molar-refractivity contribution is 0.414. The summed E-state index contributed by atoms with van der Waals surface area (Å²) < 4.78 is 6.54. The van der Waals surface area contributed by atoms with Gasteiger partial charge in [-0.1, -0.05) is 23.7 Å². The molecule has 6 nitrogen and oxygen atoms in total. The third kappa shape index (κ3) is 3.48. The number of aromatic nitrogens is 3. The van der Waals surface area contributed by atoms with Crippen LogP contribution in [0.4, 0.5) is 5.69 Å². The van der Waals surface area contributed by atoms with Crippen molar-refractivity contribution >= 4 is 22.9 Å².